The molecule has 0 spiro atoms. The number of hydrogen-bond acceptors (Lipinski definition) is 0. The van der Waals surface area contributed by atoms with E-state index in [2.05, 4.69) is 146 Å². The molecule has 6 rings (SSSR count). The predicted molar refractivity (Wildman–Crippen MR) is 166 cm³/mol. The highest BCUT2D eigenvalue weighted by Crippen LogP contribution is 2.56. The number of rotatable bonds is 2. The van der Waals surface area contributed by atoms with Crippen LogP contribution in [0.15, 0.2) is 79.0 Å². The second-order valence-corrected chi connectivity index (χ2v) is 12.9. The molecule has 196 valence electrons. The van der Waals surface area contributed by atoms with Crippen molar-refractivity contribution in [2.24, 2.45) is 7.05 Å². The zero-order valence-corrected chi connectivity index (χ0v) is 25.0. The topological polar surface area (TPSA) is 3.88 Å². The number of pyridine rings is 1. The number of fused-ring (bicyclic) bond motifs is 5. The molecule has 4 aromatic carbocycles. The number of aromatic nitrogens is 1. The van der Waals surface area contributed by atoms with Crippen LogP contribution in [0.1, 0.15) is 61.1 Å². The SMILES string of the molecule is Cc1ccc(-c2c[n+](C)c(-c3cc4c(cc3C)-c3ccc5ccccc5c3C(C)(C)C4(C)C)cc2C)c(C)c1. The van der Waals surface area contributed by atoms with Gasteiger partial charge in [0, 0.05) is 22.6 Å². The molecular weight excluding hydrogens is 470 g/mol. The molecule has 0 N–H and O–H groups in total. The van der Waals surface area contributed by atoms with Gasteiger partial charge < -0.3 is 0 Å². The Balaban J connectivity index is 1.57. The maximum atomic E-state index is 2.50. The van der Waals surface area contributed by atoms with Crippen LogP contribution in [0, 0.1) is 27.7 Å². The van der Waals surface area contributed by atoms with E-state index in [-0.39, 0.29) is 10.8 Å². The van der Waals surface area contributed by atoms with Crippen LogP contribution in [0.25, 0.3) is 44.3 Å². The third-order valence-corrected chi connectivity index (χ3v) is 9.87. The summed E-state index contributed by atoms with van der Waals surface area (Å²) in [7, 11) is 2.19. The molecule has 1 heteroatoms. The molecule has 0 amide bonds. The smallest absolute Gasteiger partial charge is 0.200 e. The average Bonchev–Trinajstić information content (AvgIpc) is 2.88. The highest BCUT2D eigenvalue weighted by atomic mass is 14.9. The van der Waals surface area contributed by atoms with Gasteiger partial charge in [0.1, 0.15) is 7.05 Å². The van der Waals surface area contributed by atoms with Crippen molar-refractivity contribution in [3.05, 3.63) is 112 Å². The predicted octanol–water partition coefficient (Wildman–Crippen LogP) is 9.47. The second kappa shape index (κ2) is 8.65. The zero-order chi connectivity index (χ0) is 27.9. The largest absolute Gasteiger partial charge is 0.212 e. The van der Waals surface area contributed by atoms with E-state index in [4.69, 9.17) is 0 Å². The molecule has 1 aliphatic carbocycles. The summed E-state index contributed by atoms with van der Waals surface area (Å²) >= 11 is 0. The molecule has 1 nitrogen and oxygen atoms in total. The molecule has 0 fully saturated rings. The molecule has 0 radical (unpaired) electrons. The van der Waals surface area contributed by atoms with Gasteiger partial charge in [-0.25, -0.2) is 4.57 Å². The Morgan fingerprint density at radius 1 is 0.564 bits per heavy atom. The first-order valence-electron chi connectivity index (χ1n) is 14.2. The molecule has 1 aliphatic rings. The van der Waals surface area contributed by atoms with E-state index in [0.29, 0.717) is 0 Å². The lowest BCUT2D eigenvalue weighted by atomic mass is 9.54. The van der Waals surface area contributed by atoms with Crippen molar-refractivity contribution in [2.45, 2.75) is 66.2 Å². The van der Waals surface area contributed by atoms with E-state index >= 15 is 0 Å². The first-order chi connectivity index (χ1) is 18.4. The standard InChI is InChI=1S/C38H40N/c1-23-14-16-28(24(2)18-23)33-22-39(9)35(20-26(33)4)31-21-34-32(19-25(31)3)30-17-15-27-12-10-11-13-29(27)36(30)38(7,8)37(34,5)6/h10-22H,1-9H3/q+1. The summed E-state index contributed by atoms with van der Waals surface area (Å²) < 4.78 is 2.32. The Labute approximate surface area is 234 Å². The van der Waals surface area contributed by atoms with E-state index in [1.807, 2.05) is 0 Å². The quantitative estimate of drug-likeness (QED) is 0.208. The van der Waals surface area contributed by atoms with Gasteiger partial charge in [-0.3, -0.25) is 0 Å². The normalized spacial score (nSPS) is 15.2. The fraction of sp³-hybridized carbons (Fsp3) is 0.289. The van der Waals surface area contributed by atoms with Crippen molar-refractivity contribution in [1.29, 1.82) is 0 Å². The van der Waals surface area contributed by atoms with Gasteiger partial charge in [0.05, 0.1) is 0 Å². The van der Waals surface area contributed by atoms with Crippen molar-refractivity contribution in [3.63, 3.8) is 0 Å². The summed E-state index contributed by atoms with van der Waals surface area (Å²) in [5.74, 6) is 0. The van der Waals surface area contributed by atoms with Crippen LogP contribution in [0.2, 0.25) is 0 Å². The van der Waals surface area contributed by atoms with E-state index in [1.165, 1.54) is 77.7 Å². The van der Waals surface area contributed by atoms with Gasteiger partial charge >= 0.3 is 0 Å². The van der Waals surface area contributed by atoms with E-state index in [9.17, 15) is 0 Å². The minimum Gasteiger partial charge on any atom is -0.200 e. The van der Waals surface area contributed by atoms with Crippen molar-refractivity contribution >= 4 is 10.8 Å². The van der Waals surface area contributed by atoms with Crippen LogP contribution in [0.4, 0.5) is 0 Å². The van der Waals surface area contributed by atoms with Crippen molar-refractivity contribution < 1.29 is 4.57 Å². The molecule has 0 aliphatic heterocycles. The van der Waals surface area contributed by atoms with Crippen LogP contribution in [-0.4, -0.2) is 0 Å². The highest BCUT2D eigenvalue weighted by molar-refractivity contribution is 5.96. The molecule has 0 saturated carbocycles. The van der Waals surface area contributed by atoms with Gasteiger partial charge in [-0.15, -0.1) is 0 Å². The van der Waals surface area contributed by atoms with Crippen LogP contribution >= 0.6 is 0 Å². The van der Waals surface area contributed by atoms with Gasteiger partial charge in [-0.05, 0) is 94.5 Å². The van der Waals surface area contributed by atoms with E-state index in [0.717, 1.165) is 0 Å². The van der Waals surface area contributed by atoms with Gasteiger partial charge in [-0.1, -0.05) is 93.9 Å². The Morgan fingerprint density at radius 3 is 1.97 bits per heavy atom. The maximum absolute atomic E-state index is 2.50. The molecule has 1 aromatic heterocycles. The van der Waals surface area contributed by atoms with Crippen molar-refractivity contribution in [3.8, 4) is 33.5 Å². The third kappa shape index (κ3) is 3.70. The third-order valence-electron chi connectivity index (χ3n) is 9.87. The van der Waals surface area contributed by atoms with Crippen molar-refractivity contribution in [2.75, 3.05) is 0 Å². The lowest BCUT2D eigenvalue weighted by Crippen LogP contribution is -2.44. The lowest BCUT2D eigenvalue weighted by Gasteiger charge is -2.49. The van der Waals surface area contributed by atoms with Gasteiger partial charge in [0.2, 0.25) is 5.69 Å². The van der Waals surface area contributed by atoms with Crippen LogP contribution < -0.4 is 4.57 Å². The lowest BCUT2D eigenvalue weighted by molar-refractivity contribution is -0.660. The number of benzene rings is 4. The van der Waals surface area contributed by atoms with Crippen LogP contribution in [0.3, 0.4) is 0 Å². The van der Waals surface area contributed by atoms with E-state index < -0.39 is 0 Å². The number of aryl methyl sites for hydroxylation is 5. The van der Waals surface area contributed by atoms with Gasteiger partial charge in [0.15, 0.2) is 6.20 Å². The summed E-state index contributed by atoms with van der Waals surface area (Å²) in [5, 5.41) is 2.70. The average molecular weight is 511 g/mol. The molecule has 1 heterocycles. The Bertz CT molecular complexity index is 1800. The van der Waals surface area contributed by atoms with Gasteiger partial charge in [0.25, 0.3) is 0 Å². The minimum absolute atomic E-state index is 0.0341. The van der Waals surface area contributed by atoms with Crippen LogP contribution in [-0.2, 0) is 17.9 Å². The Morgan fingerprint density at radius 2 is 1.23 bits per heavy atom. The molecule has 0 bridgehead atoms. The molecule has 39 heavy (non-hydrogen) atoms. The molecule has 5 aromatic rings. The second-order valence-electron chi connectivity index (χ2n) is 12.9. The maximum Gasteiger partial charge on any atom is 0.212 e. The molecular formula is C38H40N+. The van der Waals surface area contributed by atoms with Crippen molar-refractivity contribution in [1.82, 2.24) is 0 Å². The summed E-state index contributed by atoms with van der Waals surface area (Å²) in [5.41, 5.74) is 16.1. The first kappa shape index (κ1) is 25.6. The Kier molecular flexibility index (Phi) is 5.67. The van der Waals surface area contributed by atoms with Crippen LogP contribution in [0.5, 0.6) is 0 Å². The van der Waals surface area contributed by atoms with Gasteiger partial charge in [-0.2, -0.15) is 0 Å². The Hall–Kier alpha value is -3.71. The fourth-order valence-electron chi connectivity index (χ4n) is 6.96. The molecule has 0 saturated heterocycles. The monoisotopic (exact) mass is 510 g/mol. The zero-order valence-electron chi connectivity index (χ0n) is 25.0. The summed E-state index contributed by atoms with van der Waals surface area (Å²) in [6.45, 7) is 18.6. The fourth-order valence-corrected chi connectivity index (χ4v) is 6.96. The van der Waals surface area contributed by atoms with E-state index in [1.54, 1.807) is 0 Å². The summed E-state index contributed by atoms with van der Waals surface area (Å²) in [6, 6.07) is 27.6. The molecule has 0 atom stereocenters. The highest BCUT2D eigenvalue weighted by Gasteiger charge is 2.47. The molecule has 0 unspecified atom stereocenters. The number of hydrogen-bond donors (Lipinski definition) is 0. The number of nitrogens with zero attached hydrogens (tertiary/aromatic N) is 1. The first-order valence-corrected chi connectivity index (χ1v) is 14.2. The minimum atomic E-state index is -0.0471. The summed E-state index contributed by atoms with van der Waals surface area (Å²) in [6.07, 6.45) is 2.32. The summed E-state index contributed by atoms with van der Waals surface area (Å²) in [4.78, 5) is 0.